The van der Waals surface area contributed by atoms with Gasteiger partial charge in [0.2, 0.25) is 5.91 Å². The molecule has 0 saturated heterocycles. The van der Waals surface area contributed by atoms with Crippen LogP contribution in [0.3, 0.4) is 0 Å². The summed E-state index contributed by atoms with van der Waals surface area (Å²) in [5, 5.41) is 6.72. The van der Waals surface area contributed by atoms with E-state index in [4.69, 9.17) is 11.6 Å². The molecule has 1 aromatic heterocycles. The largest absolute Gasteiger partial charge is 0.326 e. The molecule has 0 saturated carbocycles. The van der Waals surface area contributed by atoms with Crippen molar-refractivity contribution in [2.75, 3.05) is 5.32 Å². The summed E-state index contributed by atoms with van der Waals surface area (Å²) in [6.07, 6.45) is 3.73. The highest BCUT2D eigenvalue weighted by Gasteiger charge is 2.11. The molecule has 0 radical (unpaired) electrons. The first kappa shape index (κ1) is 13.5. The van der Waals surface area contributed by atoms with Gasteiger partial charge in [0.25, 0.3) is 0 Å². The molecule has 0 aliphatic heterocycles. The van der Waals surface area contributed by atoms with Crippen LogP contribution >= 0.6 is 11.6 Å². The van der Waals surface area contributed by atoms with Crippen LogP contribution in [-0.2, 0) is 4.79 Å². The number of benzene rings is 1. The quantitative estimate of drug-likeness (QED) is 0.935. The summed E-state index contributed by atoms with van der Waals surface area (Å²) < 4.78 is 14.7. The predicted molar refractivity (Wildman–Crippen MR) is 71.6 cm³/mol. The van der Waals surface area contributed by atoms with E-state index in [0.717, 1.165) is 0 Å². The Hall–Kier alpha value is -1.88. The summed E-state index contributed by atoms with van der Waals surface area (Å²) in [5.74, 6) is -0.685. The SMILES string of the molecule is C[C@@H](CC(=O)Nc1ccc(F)c(Cl)c1)n1cccn1. The van der Waals surface area contributed by atoms with Gasteiger partial charge in [0.1, 0.15) is 5.82 Å². The summed E-state index contributed by atoms with van der Waals surface area (Å²) in [4.78, 5) is 11.8. The van der Waals surface area contributed by atoms with Gasteiger partial charge in [-0.2, -0.15) is 5.10 Å². The van der Waals surface area contributed by atoms with Crippen molar-refractivity contribution in [3.8, 4) is 0 Å². The summed E-state index contributed by atoms with van der Waals surface area (Å²) in [6.45, 7) is 1.89. The molecule has 1 heterocycles. The highest BCUT2D eigenvalue weighted by atomic mass is 35.5. The number of hydrogen-bond donors (Lipinski definition) is 1. The number of nitrogens with one attached hydrogen (secondary N) is 1. The minimum absolute atomic E-state index is 0.0158. The topological polar surface area (TPSA) is 46.9 Å². The Balaban J connectivity index is 1.95. The highest BCUT2D eigenvalue weighted by molar-refractivity contribution is 6.31. The predicted octanol–water partition coefficient (Wildman–Crippen LogP) is 3.27. The Morgan fingerprint density at radius 2 is 2.37 bits per heavy atom. The van der Waals surface area contributed by atoms with Crippen molar-refractivity contribution >= 4 is 23.2 Å². The highest BCUT2D eigenvalue weighted by Crippen LogP contribution is 2.20. The van der Waals surface area contributed by atoms with Gasteiger partial charge in [-0.25, -0.2) is 4.39 Å². The Morgan fingerprint density at radius 3 is 3.00 bits per heavy atom. The van der Waals surface area contributed by atoms with E-state index in [1.807, 2.05) is 6.92 Å². The second kappa shape index (κ2) is 5.84. The minimum Gasteiger partial charge on any atom is -0.326 e. The van der Waals surface area contributed by atoms with Crippen molar-refractivity contribution in [3.63, 3.8) is 0 Å². The molecular weight excluding hydrogens is 269 g/mol. The van der Waals surface area contributed by atoms with Gasteiger partial charge in [0, 0.05) is 24.5 Å². The van der Waals surface area contributed by atoms with Crippen LogP contribution in [-0.4, -0.2) is 15.7 Å². The van der Waals surface area contributed by atoms with E-state index in [1.165, 1.54) is 18.2 Å². The molecule has 4 nitrogen and oxygen atoms in total. The molecule has 1 aromatic carbocycles. The first-order chi connectivity index (χ1) is 9.06. The van der Waals surface area contributed by atoms with Crippen molar-refractivity contribution < 1.29 is 9.18 Å². The van der Waals surface area contributed by atoms with Gasteiger partial charge in [-0.3, -0.25) is 9.48 Å². The maximum absolute atomic E-state index is 13.0. The third kappa shape index (κ3) is 3.54. The van der Waals surface area contributed by atoms with Gasteiger partial charge >= 0.3 is 0 Å². The number of halogens is 2. The Morgan fingerprint density at radius 1 is 1.58 bits per heavy atom. The summed E-state index contributed by atoms with van der Waals surface area (Å²) in [5.41, 5.74) is 0.476. The Kier molecular flexibility index (Phi) is 4.16. The number of aromatic nitrogens is 2. The van der Waals surface area contributed by atoms with Gasteiger partial charge in [-0.15, -0.1) is 0 Å². The van der Waals surface area contributed by atoms with Crippen LogP contribution in [0.25, 0.3) is 0 Å². The summed E-state index contributed by atoms with van der Waals surface area (Å²) in [7, 11) is 0. The van der Waals surface area contributed by atoms with Crippen LogP contribution in [0.5, 0.6) is 0 Å². The lowest BCUT2D eigenvalue weighted by molar-refractivity contribution is -0.116. The molecule has 100 valence electrons. The number of nitrogens with zero attached hydrogens (tertiary/aromatic N) is 2. The average Bonchev–Trinajstić information content (AvgIpc) is 2.87. The number of amides is 1. The van der Waals surface area contributed by atoms with Gasteiger partial charge < -0.3 is 5.32 Å². The average molecular weight is 282 g/mol. The Labute approximate surface area is 115 Å². The number of carbonyl (C=O) groups excluding carboxylic acids is 1. The molecule has 1 amide bonds. The van der Waals surface area contributed by atoms with E-state index in [1.54, 1.807) is 23.1 Å². The molecule has 0 bridgehead atoms. The molecule has 0 fully saturated rings. The minimum atomic E-state index is -0.510. The smallest absolute Gasteiger partial charge is 0.226 e. The fourth-order valence-corrected chi connectivity index (χ4v) is 1.87. The third-order valence-corrected chi connectivity index (χ3v) is 2.95. The number of hydrogen-bond acceptors (Lipinski definition) is 2. The lowest BCUT2D eigenvalue weighted by Crippen LogP contribution is -2.17. The van der Waals surface area contributed by atoms with E-state index in [9.17, 15) is 9.18 Å². The summed E-state index contributed by atoms with van der Waals surface area (Å²) in [6, 6.07) is 5.82. The van der Waals surface area contributed by atoms with Gasteiger partial charge in [-0.05, 0) is 31.2 Å². The van der Waals surface area contributed by atoms with Crippen LogP contribution in [0.15, 0.2) is 36.7 Å². The molecule has 0 aliphatic carbocycles. The van der Waals surface area contributed by atoms with Crippen LogP contribution in [0.1, 0.15) is 19.4 Å². The number of carbonyl (C=O) groups is 1. The Bertz CT molecular complexity index is 571. The fraction of sp³-hybridized carbons (Fsp3) is 0.231. The van der Waals surface area contributed by atoms with Gasteiger partial charge in [0.05, 0.1) is 11.1 Å². The van der Waals surface area contributed by atoms with Crippen molar-refractivity contribution in [2.24, 2.45) is 0 Å². The second-order valence-corrected chi connectivity index (χ2v) is 4.62. The van der Waals surface area contributed by atoms with Crippen molar-refractivity contribution in [3.05, 3.63) is 47.5 Å². The molecule has 0 unspecified atom stereocenters. The molecule has 0 aliphatic rings. The monoisotopic (exact) mass is 281 g/mol. The standard InChI is InChI=1S/C13H13ClFN3O/c1-9(18-6-2-5-16-18)7-13(19)17-10-3-4-12(15)11(14)8-10/h2-6,8-9H,7H2,1H3,(H,17,19)/t9-/m0/s1. The van der Waals surface area contributed by atoms with Crippen LogP contribution in [0.2, 0.25) is 5.02 Å². The van der Waals surface area contributed by atoms with E-state index >= 15 is 0 Å². The van der Waals surface area contributed by atoms with E-state index in [0.29, 0.717) is 5.69 Å². The zero-order valence-corrected chi connectivity index (χ0v) is 11.1. The zero-order chi connectivity index (χ0) is 13.8. The zero-order valence-electron chi connectivity index (χ0n) is 10.3. The maximum Gasteiger partial charge on any atom is 0.226 e. The molecular formula is C13H13ClFN3O. The third-order valence-electron chi connectivity index (χ3n) is 2.66. The van der Waals surface area contributed by atoms with Crippen LogP contribution < -0.4 is 5.32 Å². The normalized spacial score (nSPS) is 12.2. The van der Waals surface area contributed by atoms with Crippen molar-refractivity contribution in [2.45, 2.75) is 19.4 Å². The molecule has 2 rings (SSSR count). The van der Waals surface area contributed by atoms with Crippen LogP contribution in [0.4, 0.5) is 10.1 Å². The lowest BCUT2D eigenvalue weighted by Gasteiger charge is -2.12. The van der Waals surface area contributed by atoms with Crippen LogP contribution in [0, 0.1) is 5.82 Å². The first-order valence-corrected chi connectivity index (χ1v) is 6.18. The summed E-state index contributed by atoms with van der Waals surface area (Å²) >= 11 is 5.64. The molecule has 1 atom stereocenters. The first-order valence-electron chi connectivity index (χ1n) is 5.80. The molecule has 0 spiro atoms. The van der Waals surface area contributed by atoms with Gasteiger partial charge in [0.15, 0.2) is 0 Å². The molecule has 2 aromatic rings. The second-order valence-electron chi connectivity index (χ2n) is 4.22. The van der Waals surface area contributed by atoms with E-state index in [2.05, 4.69) is 10.4 Å². The lowest BCUT2D eigenvalue weighted by atomic mass is 10.2. The molecule has 1 N–H and O–H groups in total. The van der Waals surface area contributed by atoms with Crippen molar-refractivity contribution in [1.29, 1.82) is 0 Å². The fourth-order valence-electron chi connectivity index (χ4n) is 1.69. The van der Waals surface area contributed by atoms with E-state index < -0.39 is 5.82 Å². The maximum atomic E-state index is 13.0. The van der Waals surface area contributed by atoms with Gasteiger partial charge in [-0.1, -0.05) is 11.6 Å². The van der Waals surface area contributed by atoms with E-state index in [-0.39, 0.29) is 23.4 Å². The molecule has 19 heavy (non-hydrogen) atoms. The number of rotatable bonds is 4. The number of anilines is 1. The van der Waals surface area contributed by atoms with Crippen molar-refractivity contribution in [1.82, 2.24) is 9.78 Å². The molecule has 6 heteroatoms.